The Bertz CT molecular complexity index is 357. The smallest absolute Gasteiger partial charge is 0.226 e. The van der Waals surface area contributed by atoms with Gasteiger partial charge in [-0.15, -0.1) is 0 Å². The number of hydrogen-bond donors (Lipinski definition) is 1. The van der Waals surface area contributed by atoms with E-state index in [0.717, 1.165) is 5.69 Å². The molecule has 1 aromatic heterocycles. The van der Waals surface area contributed by atoms with Gasteiger partial charge in [-0.3, -0.25) is 4.21 Å². The Hall–Kier alpha value is -1.17. The van der Waals surface area contributed by atoms with Gasteiger partial charge in [0.2, 0.25) is 11.8 Å². The normalized spacial score (nSPS) is 12.2. The summed E-state index contributed by atoms with van der Waals surface area (Å²) >= 11 is 0. The molecule has 6 heteroatoms. The fourth-order valence-corrected chi connectivity index (χ4v) is 1.42. The summed E-state index contributed by atoms with van der Waals surface area (Å²) in [5.74, 6) is 1.62. The lowest BCUT2D eigenvalue weighted by molar-refractivity contribution is 0.397. The number of ether oxygens (including phenoxy) is 1. The van der Waals surface area contributed by atoms with Gasteiger partial charge in [-0.05, 0) is 6.92 Å². The van der Waals surface area contributed by atoms with E-state index in [1.165, 1.54) is 0 Å². The molecular weight excluding hydrogens is 214 g/mol. The highest BCUT2D eigenvalue weighted by atomic mass is 32.2. The van der Waals surface area contributed by atoms with Crippen molar-refractivity contribution in [2.45, 2.75) is 6.92 Å². The quantitative estimate of drug-likeness (QED) is 0.800. The molecule has 1 rings (SSSR count). The molecule has 0 aliphatic carbocycles. The van der Waals surface area contributed by atoms with Crippen LogP contribution in [0.2, 0.25) is 0 Å². The number of methoxy groups -OCH3 is 1. The van der Waals surface area contributed by atoms with Crippen molar-refractivity contribution >= 4 is 16.7 Å². The van der Waals surface area contributed by atoms with E-state index in [-0.39, 0.29) is 0 Å². The molecule has 0 aliphatic heterocycles. The summed E-state index contributed by atoms with van der Waals surface area (Å²) < 4.78 is 15.8. The third-order valence-corrected chi connectivity index (χ3v) is 2.49. The lowest BCUT2D eigenvalue weighted by Gasteiger charge is -2.06. The van der Waals surface area contributed by atoms with Gasteiger partial charge in [-0.1, -0.05) is 0 Å². The summed E-state index contributed by atoms with van der Waals surface area (Å²) in [7, 11) is 0.761. The van der Waals surface area contributed by atoms with Crippen LogP contribution < -0.4 is 10.1 Å². The molecular formula is C9H15N3O2S. The second kappa shape index (κ2) is 5.65. The highest BCUT2D eigenvalue weighted by molar-refractivity contribution is 7.84. The number of rotatable bonds is 5. The molecule has 0 saturated heterocycles. The van der Waals surface area contributed by atoms with Gasteiger partial charge >= 0.3 is 0 Å². The van der Waals surface area contributed by atoms with Crippen molar-refractivity contribution in [3.8, 4) is 5.88 Å². The monoisotopic (exact) mass is 229 g/mol. The molecule has 5 nitrogen and oxygen atoms in total. The molecule has 0 saturated carbocycles. The summed E-state index contributed by atoms with van der Waals surface area (Å²) in [4.78, 5) is 8.28. The second-order valence-corrected chi connectivity index (χ2v) is 4.63. The fourth-order valence-electron chi connectivity index (χ4n) is 1.03. The molecule has 0 spiro atoms. The molecule has 15 heavy (non-hydrogen) atoms. The van der Waals surface area contributed by atoms with Crippen LogP contribution in [-0.4, -0.2) is 39.8 Å². The minimum atomic E-state index is -0.801. The number of nitrogens with zero attached hydrogens (tertiary/aromatic N) is 2. The van der Waals surface area contributed by atoms with Gasteiger partial charge < -0.3 is 10.1 Å². The lowest BCUT2D eigenvalue weighted by atomic mass is 10.4. The molecule has 1 atom stereocenters. The van der Waals surface area contributed by atoms with Crippen molar-refractivity contribution in [2.24, 2.45) is 0 Å². The molecule has 1 aromatic rings. The van der Waals surface area contributed by atoms with Crippen LogP contribution in [0.5, 0.6) is 5.88 Å². The van der Waals surface area contributed by atoms with Crippen LogP contribution in [0, 0.1) is 6.92 Å². The van der Waals surface area contributed by atoms with Crippen molar-refractivity contribution in [1.29, 1.82) is 0 Å². The molecule has 0 bridgehead atoms. The third-order valence-electron chi connectivity index (χ3n) is 1.71. The van der Waals surface area contributed by atoms with Gasteiger partial charge in [0.05, 0.1) is 7.11 Å². The fraction of sp³-hybridized carbons (Fsp3) is 0.556. The van der Waals surface area contributed by atoms with E-state index in [2.05, 4.69) is 15.3 Å². The number of aryl methyl sites for hydroxylation is 1. The van der Waals surface area contributed by atoms with Crippen LogP contribution in [0.1, 0.15) is 5.69 Å². The van der Waals surface area contributed by atoms with Crippen molar-refractivity contribution in [2.75, 3.05) is 31.0 Å². The van der Waals surface area contributed by atoms with E-state index < -0.39 is 10.8 Å². The van der Waals surface area contributed by atoms with Gasteiger partial charge in [-0.25, -0.2) is 4.98 Å². The standard InChI is InChI=1S/C9H15N3O2S/c1-7-6-8(14-2)12-9(11-7)10-4-5-15(3)13/h6H,4-5H2,1-3H3,(H,10,11,12). The number of anilines is 1. The molecule has 1 unspecified atom stereocenters. The number of nitrogens with one attached hydrogen (secondary N) is 1. The van der Waals surface area contributed by atoms with Gasteiger partial charge in [0.25, 0.3) is 0 Å². The maximum atomic E-state index is 10.8. The van der Waals surface area contributed by atoms with Crippen LogP contribution in [0.4, 0.5) is 5.95 Å². The predicted molar refractivity (Wildman–Crippen MR) is 60.7 cm³/mol. The van der Waals surface area contributed by atoms with Crippen molar-refractivity contribution in [3.05, 3.63) is 11.8 Å². The first-order valence-corrected chi connectivity index (χ1v) is 6.28. The minimum Gasteiger partial charge on any atom is -0.481 e. The van der Waals surface area contributed by atoms with E-state index in [0.29, 0.717) is 24.1 Å². The Kier molecular flexibility index (Phi) is 4.48. The molecule has 0 amide bonds. The number of aromatic nitrogens is 2. The zero-order chi connectivity index (χ0) is 11.3. The van der Waals surface area contributed by atoms with Gasteiger partial charge in [0.15, 0.2) is 0 Å². The SMILES string of the molecule is COc1cc(C)nc(NCCS(C)=O)n1. The largest absolute Gasteiger partial charge is 0.481 e. The molecule has 0 radical (unpaired) electrons. The molecule has 1 N–H and O–H groups in total. The lowest BCUT2D eigenvalue weighted by Crippen LogP contribution is -2.12. The predicted octanol–water partition coefficient (Wildman–Crippen LogP) is 0.584. The van der Waals surface area contributed by atoms with E-state index in [9.17, 15) is 4.21 Å². The Morgan fingerprint density at radius 1 is 1.53 bits per heavy atom. The van der Waals surface area contributed by atoms with Crippen LogP contribution >= 0.6 is 0 Å². The summed E-state index contributed by atoms with van der Waals surface area (Å²) in [5, 5.41) is 3.00. The Labute approximate surface area is 91.7 Å². The summed E-state index contributed by atoms with van der Waals surface area (Å²) in [5.41, 5.74) is 0.835. The molecule has 84 valence electrons. The second-order valence-electron chi connectivity index (χ2n) is 3.08. The summed E-state index contributed by atoms with van der Waals surface area (Å²) in [6, 6.07) is 1.75. The highest BCUT2D eigenvalue weighted by Gasteiger charge is 2.01. The molecule has 0 aromatic carbocycles. The first-order valence-electron chi connectivity index (χ1n) is 4.55. The van der Waals surface area contributed by atoms with E-state index >= 15 is 0 Å². The van der Waals surface area contributed by atoms with Crippen molar-refractivity contribution in [1.82, 2.24) is 9.97 Å². The molecule has 0 aliphatic rings. The zero-order valence-electron chi connectivity index (χ0n) is 9.11. The maximum Gasteiger partial charge on any atom is 0.226 e. The van der Waals surface area contributed by atoms with E-state index in [1.807, 2.05) is 6.92 Å². The molecule has 1 heterocycles. The first kappa shape index (κ1) is 11.9. The van der Waals surface area contributed by atoms with Gasteiger partial charge in [-0.2, -0.15) is 4.98 Å². The van der Waals surface area contributed by atoms with E-state index in [4.69, 9.17) is 4.74 Å². The minimum absolute atomic E-state index is 0.511. The first-order chi connectivity index (χ1) is 7.11. The van der Waals surface area contributed by atoms with Crippen LogP contribution in [-0.2, 0) is 10.8 Å². The third kappa shape index (κ3) is 4.24. The topological polar surface area (TPSA) is 64.1 Å². The molecule has 0 fully saturated rings. The van der Waals surface area contributed by atoms with Crippen LogP contribution in [0.15, 0.2) is 6.07 Å². The summed E-state index contributed by atoms with van der Waals surface area (Å²) in [6.45, 7) is 2.46. The summed E-state index contributed by atoms with van der Waals surface area (Å²) in [6.07, 6.45) is 1.67. The van der Waals surface area contributed by atoms with Crippen molar-refractivity contribution < 1.29 is 8.95 Å². The zero-order valence-corrected chi connectivity index (χ0v) is 9.93. The Morgan fingerprint density at radius 2 is 2.27 bits per heavy atom. The van der Waals surface area contributed by atoms with Crippen LogP contribution in [0.25, 0.3) is 0 Å². The highest BCUT2D eigenvalue weighted by Crippen LogP contribution is 2.10. The number of hydrogen-bond acceptors (Lipinski definition) is 5. The van der Waals surface area contributed by atoms with Gasteiger partial charge in [0.1, 0.15) is 0 Å². The van der Waals surface area contributed by atoms with E-state index in [1.54, 1.807) is 19.4 Å². The average Bonchev–Trinajstić information content (AvgIpc) is 2.16. The Balaban J connectivity index is 2.60. The van der Waals surface area contributed by atoms with Crippen molar-refractivity contribution in [3.63, 3.8) is 0 Å². The van der Waals surface area contributed by atoms with Gasteiger partial charge in [0, 0.05) is 41.1 Å². The Morgan fingerprint density at radius 3 is 2.87 bits per heavy atom. The maximum absolute atomic E-state index is 10.8. The average molecular weight is 229 g/mol. The van der Waals surface area contributed by atoms with Crippen LogP contribution in [0.3, 0.4) is 0 Å².